The molecule has 1 N–H and O–H groups in total. The van der Waals surface area contributed by atoms with Crippen LogP contribution in [0.25, 0.3) is 5.69 Å². The van der Waals surface area contributed by atoms with E-state index in [1.807, 2.05) is 0 Å². The summed E-state index contributed by atoms with van der Waals surface area (Å²) in [5, 5.41) is 8.06. The van der Waals surface area contributed by atoms with Crippen LogP contribution in [-0.2, 0) is 0 Å². The fourth-order valence-electron chi connectivity index (χ4n) is 2.07. The second-order valence-electron chi connectivity index (χ2n) is 4.98. The minimum atomic E-state index is -0.306. The summed E-state index contributed by atoms with van der Waals surface area (Å²) in [6, 6.07) is 6.53. The summed E-state index contributed by atoms with van der Waals surface area (Å²) in [6.07, 6.45) is 5.74. The van der Waals surface area contributed by atoms with Gasteiger partial charge in [-0.05, 0) is 25.0 Å². The van der Waals surface area contributed by atoms with Gasteiger partial charge in [0.15, 0.2) is 0 Å². The van der Waals surface area contributed by atoms with Crippen LogP contribution in [0, 0.1) is 5.82 Å². The van der Waals surface area contributed by atoms with Gasteiger partial charge in [0, 0.05) is 17.5 Å². The summed E-state index contributed by atoms with van der Waals surface area (Å²) in [5.41, 5.74) is 1.18. The van der Waals surface area contributed by atoms with Gasteiger partial charge in [0.1, 0.15) is 17.3 Å². The minimum Gasteiger partial charge on any atom is -0.328 e. The molecule has 1 aliphatic rings. The average Bonchev–Trinajstić information content (AvgIpc) is 3.06. The van der Waals surface area contributed by atoms with Crippen molar-refractivity contribution in [2.24, 2.45) is 0 Å². The molecule has 0 aliphatic heterocycles. The Morgan fingerprint density at radius 2 is 2.14 bits per heavy atom. The number of benzene rings is 1. The van der Waals surface area contributed by atoms with E-state index in [0.29, 0.717) is 11.6 Å². The summed E-state index contributed by atoms with van der Waals surface area (Å²) >= 11 is 1.34. The molecule has 0 amide bonds. The van der Waals surface area contributed by atoms with E-state index in [-0.39, 0.29) is 5.82 Å². The van der Waals surface area contributed by atoms with E-state index in [0.717, 1.165) is 16.6 Å². The SMILES string of the molecule is Fc1ccccc1-n1cc(Nc2nc(C3CC3)ns2)cn1. The smallest absolute Gasteiger partial charge is 0.207 e. The number of aromatic nitrogens is 4. The first-order chi connectivity index (χ1) is 10.3. The van der Waals surface area contributed by atoms with Crippen molar-refractivity contribution in [3.8, 4) is 5.69 Å². The number of halogens is 1. The van der Waals surface area contributed by atoms with Crippen LogP contribution in [0.15, 0.2) is 36.7 Å². The van der Waals surface area contributed by atoms with Crippen molar-refractivity contribution >= 4 is 22.4 Å². The number of hydrogen-bond donors (Lipinski definition) is 1. The molecule has 0 bridgehead atoms. The highest BCUT2D eigenvalue weighted by Gasteiger charge is 2.27. The zero-order valence-corrected chi connectivity index (χ0v) is 11.8. The highest BCUT2D eigenvalue weighted by atomic mass is 32.1. The van der Waals surface area contributed by atoms with Crippen molar-refractivity contribution in [2.75, 3.05) is 5.32 Å². The molecule has 2 heterocycles. The largest absolute Gasteiger partial charge is 0.328 e. The van der Waals surface area contributed by atoms with Gasteiger partial charge in [0.2, 0.25) is 5.13 Å². The van der Waals surface area contributed by atoms with E-state index in [2.05, 4.69) is 19.8 Å². The molecule has 1 saturated carbocycles. The third-order valence-corrected chi connectivity index (χ3v) is 3.96. The first kappa shape index (κ1) is 12.5. The Hall–Kier alpha value is -2.28. The summed E-state index contributed by atoms with van der Waals surface area (Å²) < 4.78 is 19.5. The van der Waals surface area contributed by atoms with E-state index >= 15 is 0 Å². The van der Waals surface area contributed by atoms with Crippen LogP contribution < -0.4 is 5.32 Å². The maximum atomic E-state index is 13.7. The molecule has 0 saturated heterocycles. The maximum absolute atomic E-state index is 13.7. The number of hydrogen-bond acceptors (Lipinski definition) is 5. The molecule has 4 rings (SSSR count). The van der Waals surface area contributed by atoms with Gasteiger partial charge in [-0.3, -0.25) is 0 Å². The Morgan fingerprint density at radius 1 is 1.29 bits per heavy atom. The van der Waals surface area contributed by atoms with Gasteiger partial charge in [-0.2, -0.15) is 9.47 Å². The van der Waals surface area contributed by atoms with Crippen LogP contribution in [0.3, 0.4) is 0 Å². The third kappa shape index (κ3) is 2.52. The Bertz CT molecular complexity index is 777. The molecule has 0 radical (unpaired) electrons. The van der Waals surface area contributed by atoms with Crippen molar-refractivity contribution in [3.05, 3.63) is 48.3 Å². The molecule has 106 valence electrons. The lowest BCUT2D eigenvalue weighted by Gasteiger charge is -2.01. The highest BCUT2D eigenvalue weighted by molar-refractivity contribution is 7.09. The quantitative estimate of drug-likeness (QED) is 0.801. The molecule has 21 heavy (non-hydrogen) atoms. The summed E-state index contributed by atoms with van der Waals surface area (Å²) in [4.78, 5) is 4.45. The number of rotatable bonds is 4. The lowest BCUT2D eigenvalue weighted by molar-refractivity contribution is 0.611. The lowest BCUT2D eigenvalue weighted by atomic mass is 10.3. The van der Waals surface area contributed by atoms with E-state index in [9.17, 15) is 4.39 Å². The molecule has 7 heteroatoms. The molecular formula is C14H12FN5S. The number of anilines is 2. The summed E-state index contributed by atoms with van der Waals surface area (Å²) in [7, 11) is 0. The first-order valence-electron chi connectivity index (χ1n) is 6.70. The molecular weight excluding hydrogens is 289 g/mol. The van der Waals surface area contributed by atoms with Crippen LogP contribution >= 0.6 is 11.5 Å². The van der Waals surface area contributed by atoms with E-state index in [1.165, 1.54) is 35.1 Å². The standard InChI is InChI=1S/C14H12FN5S/c15-11-3-1-2-4-12(11)20-8-10(7-16-20)17-14-18-13(19-21-14)9-5-6-9/h1-4,7-9H,5-6H2,(H,17,18,19). The zero-order valence-electron chi connectivity index (χ0n) is 11.0. The van der Waals surface area contributed by atoms with Gasteiger partial charge in [-0.15, -0.1) is 0 Å². The maximum Gasteiger partial charge on any atom is 0.207 e. The Balaban J connectivity index is 1.55. The molecule has 0 atom stereocenters. The van der Waals surface area contributed by atoms with Crippen LogP contribution in [0.4, 0.5) is 15.2 Å². The second-order valence-corrected chi connectivity index (χ2v) is 5.73. The number of nitrogens with zero attached hydrogens (tertiary/aromatic N) is 4. The minimum absolute atomic E-state index is 0.306. The van der Waals surface area contributed by atoms with Gasteiger partial charge < -0.3 is 5.32 Å². The number of nitrogens with one attached hydrogen (secondary N) is 1. The third-order valence-electron chi connectivity index (χ3n) is 3.32. The van der Waals surface area contributed by atoms with Crippen molar-refractivity contribution in [1.82, 2.24) is 19.1 Å². The molecule has 0 spiro atoms. The fraction of sp³-hybridized carbons (Fsp3) is 0.214. The van der Waals surface area contributed by atoms with E-state index < -0.39 is 0 Å². The summed E-state index contributed by atoms with van der Waals surface area (Å²) in [5.74, 6) is 1.15. The zero-order chi connectivity index (χ0) is 14.2. The van der Waals surface area contributed by atoms with Gasteiger partial charge >= 0.3 is 0 Å². The molecule has 1 aliphatic carbocycles. The normalized spacial score (nSPS) is 14.3. The molecule has 5 nitrogen and oxygen atoms in total. The molecule has 0 unspecified atom stereocenters. The predicted octanol–water partition coefficient (Wildman–Crippen LogP) is 3.48. The molecule has 1 aromatic carbocycles. The van der Waals surface area contributed by atoms with Crippen molar-refractivity contribution in [2.45, 2.75) is 18.8 Å². The van der Waals surface area contributed by atoms with Gasteiger partial charge in [-0.1, -0.05) is 12.1 Å². The van der Waals surface area contributed by atoms with Gasteiger partial charge in [0.05, 0.1) is 18.1 Å². The van der Waals surface area contributed by atoms with Crippen molar-refractivity contribution in [1.29, 1.82) is 0 Å². The fourth-order valence-corrected chi connectivity index (χ4v) is 2.74. The number of para-hydroxylation sites is 1. The van der Waals surface area contributed by atoms with Crippen LogP contribution in [0.5, 0.6) is 0 Å². The summed E-state index contributed by atoms with van der Waals surface area (Å²) in [6.45, 7) is 0. The highest BCUT2D eigenvalue weighted by Crippen LogP contribution is 2.39. The monoisotopic (exact) mass is 301 g/mol. The lowest BCUT2D eigenvalue weighted by Crippen LogP contribution is -1.97. The Morgan fingerprint density at radius 3 is 2.95 bits per heavy atom. The van der Waals surface area contributed by atoms with Gasteiger partial charge in [-0.25, -0.2) is 14.1 Å². The van der Waals surface area contributed by atoms with Crippen LogP contribution in [0.1, 0.15) is 24.6 Å². The predicted molar refractivity (Wildman–Crippen MR) is 78.7 cm³/mol. The Labute approximate surface area is 124 Å². The molecule has 1 fully saturated rings. The average molecular weight is 301 g/mol. The molecule has 2 aromatic heterocycles. The van der Waals surface area contributed by atoms with Crippen molar-refractivity contribution in [3.63, 3.8) is 0 Å². The second kappa shape index (κ2) is 4.92. The van der Waals surface area contributed by atoms with E-state index in [4.69, 9.17) is 0 Å². The van der Waals surface area contributed by atoms with E-state index in [1.54, 1.807) is 30.6 Å². The van der Waals surface area contributed by atoms with Crippen LogP contribution in [-0.4, -0.2) is 19.1 Å². The van der Waals surface area contributed by atoms with Gasteiger partial charge in [0.25, 0.3) is 0 Å². The van der Waals surface area contributed by atoms with Crippen LogP contribution in [0.2, 0.25) is 0 Å². The Kier molecular flexibility index (Phi) is 2.92. The molecule has 3 aromatic rings. The first-order valence-corrected chi connectivity index (χ1v) is 7.47. The topological polar surface area (TPSA) is 55.6 Å². The van der Waals surface area contributed by atoms with Crippen molar-refractivity contribution < 1.29 is 4.39 Å².